The molecule has 1 N–H and O–H groups in total. The van der Waals surface area contributed by atoms with E-state index in [-0.39, 0.29) is 18.0 Å². The predicted molar refractivity (Wildman–Crippen MR) is 142 cm³/mol. The number of pyridine rings is 1. The van der Waals surface area contributed by atoms with Gasteiger partial charge in [-0.25, -0.2) is 0 Å². The van der Waals surface area contributed by atoms with Gasteiger partial charge in [0.05, 0.1) is 27.9 Å². The molecule has 1 amide bonds. The molecular formula is C29H30N2O5. The van der Waals surface area contributed by atoms with Crippen LogP contribution in [-0.4, -0.2) is 32.2 Å². The van der Waals surface area contributed by atoms with Crippen LogP contribution in [0.2, 0.25) is 0 Å². The molecule has 36 heavy (non-hydrogen) atoms. The van der Waals surface area contributed by atoms with E-state index in [1.165, 1.54) is 21.3 Å². The Bertz CT molecular complexity index is 1480. The lowest BCUT2D eigenvalue weighted by molar-refractivity contribution is 0.0984. The number of amides is 1. The molecular weight excluding hydrogens is 456 g/mol. The predicted octanol–water partition coefficient (Wildman–Crippen LogP) is 5.33. The van der Waals surface area contributed by atoms with E-state index in [4.69, 9.17) is 14.2 Å². The highest BCUT2D eigenvalue weighted by molar-refractivity contribution is 6.07. The number of aromatic nitrogens is 1. The third-order valence-electron chi connectivity index (χ3n) is 6.43. The second kappa shape index (κ2) is 10.2. The lowest BCUT2D eigenvalue weighted by Crippen LogP contribution is -2.33. The number of aromatic amines is 1. The number of benzene rings is 3. The summed E-state index contributed by atoms with van der Waals surface area (Å²) >= 11 is 0. The van der Waals surface area contributed by atoms with Crippen molar-refractivity contribution >= 4 is 22.5 Å². The number of methoxy groups -OCH3 is 3. The Labute approximate surface area is 210 Å². The molecule has 7 nitrogen and oxygen atoms in total. The number of carbonyl (C=O) groups excluding carboxylic acids is 1. The second-order valence-corrected chi connectivity index (χ2v) is 8.74. The molecule has 0 spiro atoms. The van der Waals surface area contributed by atoms with Crippen molar-refractivity contribution < 1.29 is 19.0 Å². The zero-order valence-electron chi connectivity index (χ0n) is 21.4. The molecule has 0 saturated heterocycles. The van der Waals surface area contributed by atoms with Gasteiger partial charge in [-0.15, -0.1) is 0 Å². The minimum absolute atomic E-state index is 0.0823. The fourth-order valence-electron chi connectivity index (χ4n) is 4.30. The van der Waals surface area contributed by atoms with Gasteiger partial charge in [-0.1, -0.05) is 24.3 Å². The SMILES string of the molecule is COc1cc(C(=O)N(Cc2cc3ccc(C)cc3[nH]c2=O)c2cccc(C)c2C)cc(OC)c1OC. The molecule has 3 aromatic carbocycles. The molecule has 0 saturated carbocycles. The van der Waals surface area contributed by atoms with Crippen molar-refractivity contribution in [1.29, 1.82) is 0 Å². The summed E-state index contributed by atoms with van der Waals surface area (Å²) in [7, 11) is 4.52. The number of H-pyrrole nitrogens is 1. The first-order valence-corrected chi connectivity index (χ1v) is 11.6. The number of fused-ring (bicyclic) bond motifs is 1. The number of anilines is 1. The molecule has 4 rings (SSSR count). The van der Waals surface area contributed by atoms with Crippen molar-refractivity contribution in [3.05, 3.63) is 92.8 Å². The minimum atomic E-state index is -0.300. The van der Waals surface area contributed by atoms with Gasteiger partial charge in [-0.2, -0.15) is 0 Å². The van der Waals surface area contributed by atoms with Crippen LogP contribution in [-0.2, 0) is 6.54 Å². The Kier molecular flexibility index (Phi) is 7.01. The molecule has 0 aliphatic rings. The smallest absolute Gasteiger partial charge is 0.258 e. The molecule has 186 valence electrons. The van der Waals surface area contributed by atoms with E-state index in [9.17, 15) is 9.59 Å². The highest BCUT2D eigenvalue weighted by atomic mass is 16.5. The highest BCUT2D eigenvalue weighted by Crippen LogP contribution is 2.39. The van der Waals surface area contributed by atoms with E-state index >= 15 is 0 Å². The number of ether oxygens (including phenoxy) is 3. The quantitative estimate of drug-likeness (QED) is 0.382. The lowest BCUT2D eigenvalue weighted by Gasteiger charge is -2.26. The van der Waals surface area contributed by atoms with Crippen molar-refractivity contribution in [3.63, 3.8) is 0 Å². The number of nitrogens with zero attached hydrogens (tertiary/aromatic N) is 1. The normalized spacial score (nSPS) is 10.8. The minimum Gasteiger partial charge on any atom is -0.493 e. The Morgan fingerprint density at radius 1 is 0.889 bits per heavy atom. The maximum Gasteiger partial charge on any atom is 0.258 e. The topological polar surface area (TPSA) is 80.9 Å². The Balaban J connectivity index is 1.86. The van der Waals surface area contributed by atoms with Gasteiger partial charge in [-0.05, 0) is 73.2 Å². The summed E-state index contributed by atoms with van der Waals surface area (Å²) < 4.78 is 16.3. The van der Waals surface area contributed by atoms with Gasteiger partial charge in [0, 0.05) is 22.3 Å². The van der Waals surface area contributed by atoms with Gasteiger partial charge in [0.25, 0.3) is 11.5 Å². The van der Waals surface area contributed by atoms with Gasteiger partial charge in [0.15, 0.2) is 11.5 Å². The van der Waals surface area contributed by atoms with Gasteiger partial charge in [-0.3, -0.25) is 9.59 Å². The van der Waals surface area contributed by atoms with Crippen LogP contribution in [0.3, 0.4) is 0 Å². The van der Waals surface area contributed by atoms with Gasteiger partial charge >= 0.3 is 0 Å². The summed E-state index contributed by atoms with van der Waals surface area (Å²) in [5.41, 5.74) is 5.12. The Morgan fingerprint density at radius 2 is 1.58 bits per heavy atom. The summed E-state index contributed by atoms with van der Waals surface area (Å²) in [6, 6.07) is 16.8. The zero-order valence-corrected chi connectivity index (χ0v) is 21.4. The molecule has 7 heteroatoms. The van der Waals surface area contributed by atoms with Crippen molar-refractivity contribution in [3.8, 4) is 17.2 Å². The van der Waals surface area contributed by atoms with Crippen LogP contribution in [0.5, 0.6) is 17.2 Å². The fraction of sp³-hybridized carbons (Fsp3) is 0.241. The molecule has 0 aliphatic carbocycles. The number of nitrogens with one attached hydrogen (secondary N) is 1. The molecule has 0 fully saturated rings. The molecule has 0 atom stereocenters. The van der Waals surface area contributed by atoms with E-state index in [1.807, 2.05) is 63.2 Å². The van der Waals surface area contributed by atoms with E-state index in [1.54, 1.807) is 17.0 Å². The van der Waals surface area contributed by atoms with Gasteiger partial charge in [0.1, 0.15) is 0 Å². The maximum atomic E-state index is 14.0. The summed E-state index contributed by atoms with van der Waals surface area (Å²) in [5, 5.41) is 0.899. The number of carbonyl (C=O) groups is 1. The van der Waals surface area contributed by atoms with E-state index in [0.29, 0.717) is 28.4 Å². The van der Waals surface area contributed by atoms with E-state index in [2.05, 4.69) is 4.98 Å². The third-order valence-corrected chi connectivity index (χ3v) is 6.43. The van der Waals surface area contributed by atoms with Crippen LogP contribution < -0.4 is 24.7 Å². The fourth-order valence-corrected chi connectivity index (χ4v) is 4.30. The first-order valence-electron chi connectivity index (χ1n) is 11.6. The Hall–Kier alpha value is -4.26. The van der Waals surface area contributed by atoms with Crippen molar-refractivity contribution in [2.24, 2.45) is 0 Å². The average Bonchev–Trinajstić information content (AvgIpc) is 2.88. The first kappa shape index (κ1) is 24.9. The average molecular weight is 487 g/mol. The van der Waals surface area contributed by atoms with Gasteiger partial charge in [0.2, 0.25) is 5.75 Å². The van der Waals surface area contributed by atoms with Gasteiger partial charge < -0.3 is 24.1 Å². The summed E-state index contributed by atoms with van der Waals surface area (Å²) in [6.07, 6.45) is 0. The molecule has 0 aliphatic heterocycles. The summed E-state index contributed by atoms with van der Waals surface area (Å²) in [6.45, 7) is 6.02. The van der Waals surface area contributed by atoms with Crippen molar-refractivity contribution in [2.75, 3.05) is 26.2 Å². The Morgan fingerprint density at radius 3 is 2.22 bits per heavy atom. The summed E-state index contributed by atoms with van der Waals surface area (Å²) in [5.74, 6) is 0.850. The number of hydrogen-bond acceptors (Lipinski definition) is 5. The van der Waals surface area contributed by atoms with Crippen molar-refractivity contribution in [2.45, 2.75) is 27.3 Å². The standard InChI is InChI=1S/C29H30N2O5/c1-17-10-11-20-13-22(28(32)30-23(20)12-17)16-31(24-9-7-8-18(2)19(24)3)29(33)21-14-25(34-4)27(36-6)26(15-21)35-5/h7-15H,16H2,1-6H3,(H,30,32). The van der Waals surface area contributed by atoms with Crippen LogP contribution in [0.4, 0.5) is 5.69 Å². The molecule has 0 radical (unpaired) electrons. The third kappa shape index (κ3) is 4.64. The van der Waals surface area contributed by atoms with Crippen LogP contribution in [0.25, 0.3) is 10.9 Å². The summed E-state index contributed by atoms with van der Waals surface area (Å²) in [4.78, 5) is 31.7. The van der Waals surface area contributed by atoms with Crippen LogP contribution in [0, 0.1) is 20.8 Å². The van der Waals surface area contributed by atoms with Crippen molar-refractivity contribution in [1.82, 2.24) is 4.98 Å². The molecule has 1 aromatic heterocycles. The largest absolute Gasteiger partial charge is 0.493 e. The molecule has 0 bridgehead atoms. The van der Waals surface area contributed by atoms with Crippen LogP contribution >= 0.6 is 0 Å². The highest BCUT2D eigenvalue weighted by Gasteiger charge is 2.25. The number of hydrogen-bond donors (Lipinski definition) is 1. The number of aryl methyl sites for hydroxylation is 2. The second-order valence-electron chi connectivity index (χ2n) is 8.74. The van der Waals surface area contributed by atoms with Crippen LogP contribution in [0.1, 0.15) is 32.6 Å². The first-order chi connectivity index (χ1) is 17.3. The molecule has 0 unspecified atom stereocenters. The monoisotopic (exact) mass is 486 g/mol. The number of rotatable bonds is 7. The maximum absolute atomic E-state index is 14.0. The lowest BCUT2D eigenvalue weighted by atomic mass is 10.0. The molecule has 1 heterocycles. The van der Waals surface area contributed by atoms with E-state index in [0.717, 1.165) is 33.3 Å². The van der Waals surface area contributed by atoms with E-state index < -0.39 is 0 Å². The molecule has 4 aromatic rings. The van der Waals surface area contributed by atoms with Crippen LogP contribution in [0.15, 0.2) is 59.4 Å². The zero-order chi connectivity index (χ0) is 26.0.